The normalized spacial score (nSPS) is 10.8. The van der Waals surface area contributed by atoms with Crippen LogP contribution in [0.4, 0.5) is 10.3 Å². The molecule has 4 rings (SSSR count). The molecule has 3 aromatic heterocycles. The second-order valence-electron chi connectivity index (χ2n) is 5.39. The van der Waals surface area contributed by atoms with Gasteiger partial charge in [-0.25, -0.2) is 4.39 Å². The molecule has 0 radical (unpaired) electrons. The summed E-state index contributed by atoms with van der Waals surface area (Å²) in [4.78, 5) is 18.3. The van der Waals surface area contributed by atoms with Crippen LogP contribution in [0.25, 0.3) is 11.6 Å². The van der Waals surface area contributed by atoms with Gasteiger partial charge in [-0.15, -0.1) is 16.4 Å². The molecule has 8 heteroatoms. The maximum atomic E-state index is 13.1. The number of hydrogen-bond donors (Lipinski definition) is 1. The van der Waals surface area contributed by atoms with E-state index in [4.69, 9.17) is 4.42 Å². The predicted octanol–water partition coefficient (Wildman–Crippen LogP) is 4.04. The van der Waals surface area contributed by atoms with Gasteiger partial charge in [0.2, 0.25) is 11.8 Å². The van der Waals surface area contributed by atoms with Gasteiger partial charge in [-0.2, -0.15) is 9.67 Å². The number of furan rings is 1. The van der Waals surface area contributed by atoms with Crippen LogP contribution in [-0.2, 0) is 6.54 Å². The molecule has 0 unspecified atom stereocenters. The number of thiophene rings is 1. The number of carbonyl (C=O) groups is 1. The van der Waals surface area contributed by atoms with Gasteiger partial charge in [0.05, 0.1) is 12.8 Å². The lowest BCUT2D eigenvalue weighted by Gasteiger charge is -2.06. The summed E-state index contributed by atoms with van der Waals surface area (Å²) >= 11 is 1.59. The Bertz CT molecular complexity index is 1010. The summed E-state index contributed by atoms with van der Waals surface area (Å²) < 4.78 is 19.6. The Morgan fingerprint density at radius 3 is 2.73 bits per heavy atom. The Morgan fingerprint density at radius 2 is 2.04 bits per heavy atom. The molecule has 26 heavy (non-hydrogen) atoms. The van der Waals surface area contributed by atoms with Crippen molar-refractivity contribution in [3.05, 3.63) is 76.4 Å². The topological polar surface area (TPSA) is 73.0 Å². The average molecular weight is 368 g/mol. The van der Waals surface area contributed by atoms with Gasteiger partial charge in [0, 0.05) is 10.4 Å². The van der Waals surface area contributed by atoms with E-state index >= 15 is 0 Å². The highest BCUT2D eigenvalue weighted by Crippen LogP contribution is 2.20. The van der Waals surface area contributed by atoms with Crippen LogP contribution in [0.5, 0.6) is 0 Å². The third-order valence-electron chi connectivity index (χ3n) is 3.63. The molecule has 0 aliphatic carbocycles. The number of benzene rings is 1. The molecule has 0 aliphatic heterocycles. The maximum Gasteiger partial charge on any atom is 0.281 e. The number of nitrogens with one attached hydrogen (secondary N) is 1. The summed E-state index contributed by atoms with van der Waals surface area (Å²) in [6.07, 6.45) is 1.51. The maximum absolute atomic E-state index is 13.1. The Kier molecular flexibility index (Phi) is 4.32. The number of nitrogens with zero attached hydrogens (tertiary/aromatic N) is 3. The molecular formula is C18H13FN4O2S. The molecule has 1 aromatic carbocycles. The monoisotopic (exact) mass is 368 g/mol. The Balaban J connectivity index is 1.68. The van der Waals surface area contributed by atoms with E-state index in [2.05, 4.69) is 15.4 Å². The van der Waals surface area contributed by atoms with Gasteiger partial charge in [0.15, 0.2) is 5.76 Å². The first-order valence-electron chi connectivity index (χ1n) is 7.78. The second-order valence-corrected chi connectivity index (χ2v) is 6.43. The van der Waals surface area contributed by atoms with Crippen LogP contribution in [0.2, 0.25) is 0 Å². The van der Waals surface area contributed by atoms with Gasteiger partial charge in [-0.1, -0.05) is 6.07 Å². The number of hydrogen-bond acceptors (Lipinski definition) is 6. The van der Waals surface area contributed by atoms with Crippen LogP contribution in [0.15, 0.2) is 64.6 Å². The second kappa shape index (κ2) is 6.93. The largest absolute Gasteiger partial charge is 0.461 e. The van der Waals surface area contributed by atoms with Crippen molar-refractivity contribution < 1.29 is 13.6 Å². The summed E-state index contributed by atoms with van der Waals surface area (Å²) in [6, 6.07) is 12.6. The summed E-state index contributed by atoms with van der Waals surface area (Å²) in [5.74, 6) is 0.213. The van der Waals surface area contributed by atoms with Crippen LogP contribution < -0.4 is 5.32 Å². The Morgan fingerprint density at radius 1 is 1.19 bits per heavy atom. The van der Waals surface area contributed by atoms with E-state index < -0.39 is 11.7 Å². The van der Waals surface area contributed by atoms with Crippen LogP contribution >= 0.6 is 11.3 Å². The fraction of sp³-hybridized carbons (Fsp3) is 0.0556. The van der Waals surface area contributed by atoms with E-state index in [-0.39, 0.29) is 0 Å². The number of aromatic nitrogens is 3. The fourth-order valence-electron chi connectivity index (χ4n) is 2.37. The van der Waals surface area contributed by atoms with Crippen molar-refractivity contribution in [1.82, 2.24) is 14.8 Å². The van der Waals surface area contributed by atoms with E-state index in [9.17, 15) is 9.18 Å². The molecule has 0 saturated carbocycles. The van der Waals surface area contributed by atoms with E-state index in [1.165, 1.54) is 35.2 Å². The van der Waals surface area contributed by atoms with Crippen molar-refractivity contribution in [1.29, 1.82) is 0 Å². The Labute approximate surface area is 151 Å². The molecule has 1 N–H and O–H groups in total. The van der Waals surface area contributed by atoms with E-state index in [0.717, 1.165) is 4.88 Å². The number of carbonyl (C=O) groups excluding carboxylic acids is 1. The highest BCUT2D eigenvalue weighted by molar-refractivity contribution is 7.09. The predicted molar refractivity (Wildman–Crippen MR) is 95.5 cm³/mol. The van der Waals surface area contributed by atoms with E-state index in [0.29, 0.717) is 29.6 Å². The minimum atomic E-state index is -0.413. The molecule has 4 aromatic rings. The van der Waals surface area contributed by atoms with Crippen molar-refractivity contribution >= 4 is 23.2 Å². The zero-order valence-corrected chi connectivity index (χ0v) is 14.2. The molecule has 0 saturated heterocycles. The molecule has 0 spiro atoms. The molecule has 0 aliphatic rings. The highest BCUT2D eigenvalue weighted by atomic mass is 32.1. The SMILES string of the molecule is O=C(c1ccc(F)cc1)n1nc(-c2ccco2)nc1NCc1cccs1. The summed E-state index contributed by atoms with van der Waals surface area (Å²) in [5.41, 5.74) is 0.307. The minimum Gasteiger partial charge on any atom is -0.461 e. The van der Waals surface area contributed by atoms with Crippen molar-refractivity contribution in [2.75, 3.05) is 5.32 Å². The van der Waals surface area contributed by atoms with Crippen molar-refractivity contribution in [2.45, 2.75) is 6.54 Å². The van der Waals surface area contributed by atoms with Gasteiger partial charge < -0.3 is 9.73 Å². The van der Waals surface area contributed by atoms with Crippen LogP contribution in [0, 0.1) is 5.82 Å². The van der Waals surface area contributed by atoms with E-state index in [1.807, 2.05) is 17.5 Å². The molecule has 0 atom stereocenters. The first kappa shape index (κ1) is 16.2. The molecule has 0 fully saturated rings. The highest BCUT2D eigenvalue weighted by Gasteiger charge is 2.20. The van der Waals surface area contributed by atoms with E-state index in [1.54, 1.807) is 23.5 Å². The summed E-state index contributed by atoms with van der Waals surface area (Å²) in [6.45, 7) is 0.505. The smallest absolute Gasteiger partial charge is 0.281 e. The molecule has 0 bridgehead atoms. The van der Waals surface area contributed by atoms with Gasteiger partial charge >= 0.3 is 0 Å². The summed E-state index contributed by atoms with van der Waals surface area (Å²) in [7, 11) is 0. The minimum absolute atomic E-state index is 0.291. The standard InChI is InChI=1S/C18H13FN4O2S/c19-13-7-5-12(6-8-13)17(24)23-18(20-11-14-3-2-10-26-14)21-16(22-23)15-4-1-9-25-15/h1-10H,11H2,(H,20,21,22). The first-order valence-corrected chi connectivity index (χ1v) is 8.66. The zero-order chi connectivity index (χ0) is 17.9. The fourth-order valence-corrected chi connectivity index (χ4v) is 3.02. The average Bonchev–Trinajstić information content (AvgIpc) is 3.40. The lowest BCUT2D eigenvalue weighted by atomic mass is 10.2. The number of anilines is 1. The molecular weight excluding hydrogens is 355 g/mol. The van der Waals surface area contributed by atoms with Crippen molar-refractivity contribution in [3.63, 3.8) is 0 Å². The van der Waals surface area contributed by atoms with Gasteiger partial charge in [-0.3, -0.25) is 4.79 Å². The lowest BCUT2D eigenvalue weighted by Crippen LogP contribution is -2.17. The third kappa shape index (κ3) is 3.27. The summed E-state index contributed by atoms with van der Waals surface area (Å²) in [5, 5.41) is 9.36. The molecule has 6 nitrogen and oxygen atoms in total. The van der Waals surface area contributed by atoms with Crippen LogP contribution in [0.1, 0.15) is 15.2 Å². The zero-order valence-electron chi connectivity index (χ0n) is 13.4. The van der Waals surface area contributed by atoms with Crippen molar-refractivity contribution in [3.8, 4) is 11.6 Å². The lowest BCUT2D eigenvalue weighted by molar-refractivity contribution is 0.0947. The quantitative estimate of drug-likeness (QED) is 0.576. The van der Waals surface area contributed by atoms with Crippen LogP contribution in [-0.4, -0.2) is 20.7 Å². The van der Waals surface area contributed by atoms with Crippen LogP contribution in [0.3, 0.4) is 0 Å². The molecule has 0 amide bonds. The molecule has 130 valence electrons. The van der Waals surface area contributed by atoms with Gasteiger partial charge in [0.1, 0.15) is 5.82 Å². The van der Waals surface area contributed by atoms with Gasteiger partial charge in [-0.05, 0) is 47.8 Å². The first-order chi connectivity index (χ1) is 12.7. The van der Waals surface area contributed by atoms with Gasteiger partial charge in [0.25, 0.3) is 5.91 Å². The number of rotatable bonds is 5. The third-order valence-corrected chi connectivity index (χ3v) is 4.51. The van der Waals surface area contributed by atoms with Crippen molar-refractivity contribution in [2.24, 2.45) is 0 Å². The Hall–Kier alpha value is -3.26. The molecule has 3 heterocycles. The number of halogens is 1.